The molecule has 0 spiro atoms. The third-order valence-electron chi connectivity index (χ3n) is 2.87. The van der Waals surface area contributed by atoms with E-state index in [1.54, 1.807) is 0 Å². The largest absolute Gasteiger partial charge is 0.307 e. The quantitative estimate of drug-likeness (QED) is 0.195. The van der Waals surface area contributed by atoms with E-state index in [0.29, 0.717) is 0 Å². The first-order chi connectivity index (χ1) is 11.8. The number of carbonyl (C=O) groups excluding carboxylic acids is 1. The lowest BCUT2D eigenvalue weighted by Gasteiger charge is -1.96. The van der Waals surface area contributed by atoms with Crippen LogP contribution in [0.25, 0.3) is 0 Å². The highest BCUT2D eigenvalue weighted by molar-refractivity contribution is 7.94. The van der Waals surface area contributed by atoms with Gasteiger partial charge in [-0.1, -0.05) is 67.7 Å². The summed E-state index contributed by atoms with van der Waals surface area (Å²) in [5.41, 5.74) is 0. The number of ketones is 1. The smallest absolute Gasteiger partial charge is 0.156 e. The van der Waals surface area contributed by atoms with Gasteiger partial charge in [-0.2, -0.15) is 0 Å². The Morgan fingerprint density at radius 1 is 0.792 bits per heavy atom. The second-order valence-electron chi connectivity index (χ2n) is 5.28. The normalized spacial score (nSPS) is 12.8. The first-order valence-electron chi connectivity index (χ1n) is 8.76. The number of Topliss-reactive ketones (excluding diaryl/α,β-unsaturated/α-hetero) is 1. The topological polar surface area (TPSA) is 26.3 Å². The van der Waals surface area contributed by atoms with Gasteiger partial charge in [0.2, 0.25) is 0 Å². The van der Waals surface area contributed by atoms with Crippen molar-refractivity contribution in [2.24, 2.45) is 0 Å². The molecule has 0 fully saturated rings. The third-order valence-corrected chi connectivity index (χ3v) is 3.56. The van der Waals surface area contributed by atoms with Gasteiger partial charge in [-0.25, -0.2) is 0 Å². The van der Waals surface area contributed by atoms with Crippen molar-refractivity contribution in [3.63, 3.8) is 0 Å². The molecule has 0 aromatic heterocycles. The number of hydrogen-bond donors (Lipinski definition) is 0. The molecule has 0 unspecified atom stereocenters. The Morgan fingerprint density at radius 3 is 1.71 bits per heavy atom. The van der Waals surface area contributed by atoms with Crippen LogP contribution < -0.4 is 0 Å². The zero-order chi connectivity index (χ0) is 17.7. The molecule has 0 heterocycles. The first kappa shape index (κ1) is 22.7. The number of hydrogen-bond acceptors (Lipinski definition) is 3. The summed E-state index contributed by atoms with van der Waals surface area (Å²) in [4.78, 5) is 10.7. The molecule has 0 saturated carbocycles. The van der Waals surface area contributed by atoms with Crippen LogP contribution in [0.1, 0.15) is 52.4 Å². The summed E-state index contributed by atoms with van der Waals surface area (Å²) in [6.07, 6.45) is 28.0. The molecule has 0 atom stereocenters. The molecule has 3 heteroatoms. The fraction of sp³-hybridized carbons (Fsp3) is 0.476. The molecule has 0 bridgehead atoms. The standard InChI is InChI=1S/C21H32O2S/c1-3-4-5-6-7-8-9-10-11-12-13-14-15-16-17-18-19-24-23-20-21(2)22/h4-5,7-8,10-11,13-14,16-17H,3,6,9,12,15,18-20H2,1-2H3/b5-4-,8-7-,11-10-,14-13-,17-16-. The van der Waals surface area contributed by atoms with Crippen LogP contribution in [0.2, 0.25) is 0 Å². The second-order valence-corrected chi connectivity index (χ2v) is 6.16. The summed E-state index contributed by atoms with van der Waals surface area (Å²) < 4.78 is 5.12. The third kappa shape index (κ3) is 20.7. The van der Waals surface area contributed by atoms with E-state index in [1.165, 1.54) is 19.0 Å². The fourth-order valence-electron chi connectivity index (χ4n) is 1.67. The molecule has 0 rings (SSSR count). The Bertz CT molecular complexity index is 431. The molecule has 0 aliphatic heterocycles. The summed E-state index contributed by atoms with van der Waals surface area (Å²) >= 11 is 1.36. The van der Waals surface area contributed by atoms with Gasteiger partial charge in [-0.3, -0.25) is 4.79 Å². The maximum absolute atomic E-state index is 10.7. The average molecular weight is 349 g/mol. The van der Waals surface area contributed by atoms with Gasteiger partial charge in [-0.05, 0) is 57.5 Å². The SMILES string of the molecule is CC/C=C\C/C=C\C/C=C\C/C=C\C/C=C\CCSOCC(C)=O. The summed E-state index contributed by atoms with van der Waals surface area (Å²) in [5, 5.41) is 0. The van der Waals surface area contributed by atoms with E-state index < -0.39 is 0 Å². The van der Waals surface area contributed by atoms with Crippen molar-refractivity contribution in [1.82, 2.24) is 0 Å². The Kier molecular flexibility index (Phi) is 18.6. The molecule has 0 radical (unpaired) electrons. The van der Waals surface area contributed by atoms with Gasteiger partial charge in [0.15, 0.2) is 5.78 Å². The van der Waals surface area contributed by atoms with Crippen molar-refractivity contribution < 1.29 is 8.98 Å². The molecule has 0 aliphatic carbocycles. The predicted octanol–water partition coefficient (Wildman–Crippen LogP) is 6.38. The molecule has 0 aromatic carbocycles. The van der Waals surface area contributed by atoms with Gasteiger partial charge < -0.3 is 4.18 Å². The van der Waals surface area contributed by atoms with E-state index in [2.05, 4.69) is 67.7 Å². The molecule has 0 aliphatic rings. The van der Waals surface area contributed by atoms with E-state index >= 15 is 0 Å². The predicted molar refractivity (Wildman–Crippen MR) is 108 cm³/mol. The first-order valence-corrected chi connectivity index (χ1v) is 9.67. The van der Waals surface area contributed by atoms with Gasteiger partial charge in [0.1, 0.15) is 6.61 Å². The lowest BCUT2D eigenvalue weighted by molar-refractivity contribution is -0.118. The van der Waals surface area contributed by atoms with Crippen molar-refractivity contribution in [3.05, 3.63) is 60.8 Å². The number of allylic oxidation sites excluding steroid dienone is 10. The summed E-state index contributed by atoms with van der Waals surface area (Å²) in [7, 11) is 0. The van der Waals surface area contributed by atoms with Crippen LogP contribution in [0.5, 0.6) is 0 Å². The van der Waals surface area contributed by atoms with Crippen molar-refractivity contribution in [2.45, 2.75) is 52.4 Å². The summed E-state index contributed by atoms with van der Waals surface area (Å²) in [6.45, 7) is 3.89. The highest BCUT2D eigenvalue weighted by Gasteiger charge is 1.92. The zero-order valence-electron chi connectivity index (χ0n) is 15.2. The lowest BCUT2D eigenvalue weighted by atomic mass is 10.2. The van der Waals surface area contributed by atoms with Crippen LogP contribution >= 0.6 is 12.0 Å². The lowest BCUT2D eigenvalue weighted by Crippen LogP contribution is -1.98. The van der Waals surface area contributed by atoms with E-state index in [9.17, 15) is 4.79 Å². The van der Waals surface area contributed by atoms with Crippen LogP contribution in [-0.4, -0.2) is 18.1 Å². The van der Waals surface area contributed by atoms with Crippen molar-refractivity contribution in [3.8, 4) is 0 Å². The Morgan fingerprint density at radius 2 is 1.25 bits per heavy atom. The number of carbonyl (C=O) groups is 1. The molecular formula is C21H32O2S. The second kappa shape index (κ2) is 19.7. The van der Waals surface area contributed by atoms with E-state index in [4.69, 9.17) is 4.18 Å². The van der Waals surface area contributed by atoms with Crippen LogP contribution in [0.3, 0.4) is 0 Å². The Labute approximate surface area is 152 Å². The van der Waals surface area contributed by atoms with Crippen LogP contribution in [0, 0.1) is 0 Å². The van der Waals surface area contributed by atoms with Gasteiger partial charge >= 0.3 is 0 Å². The Hall–Kier alpha value is -1.32. The molecule has 0 amide bonds. The van der Waals surface area contributed by atoms with Crippen molar-refractivity contribution in [1.29, 1.82) is 0 Å². The maximum Gasteiger partial charge on any atom is 0.156 e. The summed E-state index contributed by atoms with van der Waals surface area (Å²) in [5.74, 6) is 0.954. The highest BCUT2D eigenvalue weighted by atomic mass is 32.2. The van der Waals surface area contributed by atoms with Crippen molar-refractivity contribution >= 4 is 17.8 Å². The van der Waals surface area contributed by atoms with Gasteiger partial charge in [0.25, 0.3) is 0 Å². The molecule has 0 saturated heterocycles. The minimum atomic E-state index is 0.0670. The van der Waals surface area contributed by atoms with Crippen LogP contribution in [0.4, 0.5) is 0 Å². The van der Waals surface area contributed by atoms with Gasteiger partial charge in [0.05, 0.1) is 0 Å². The minimum Gasteiger partial charge on any atom is -0.307 e. The Balaban J connectivity index is 3.42. The maximum atomic E-state index is 10.7. The zero-order valence-corrected chi connectivity index (χ0v) is 16.0. The molecule has 134 valence electrons. The highest BCUT2D eigenvalue weighted by Crippen LogP contribution is 2.05. The monoisotopic (exact) mass is 348 g/mol. The van der Waals surface area contributed by atoms with Gasteiger partial charge in [-0.15, -0.1) is 0 Å². The fourth-order valence-corrected chi connectivity index (χ4v) is 2.27. The molecule has 0 aromatic rings. The van der Waals surface area contributed by atoms with Crippen LogP contribution in [0.15, 0.2) is 60.8 Å². The van der Waals surface area contributed by atoms with Crippen LogP contribution in [-0.2, 0) is 8.98 Å². The minimum absolute atomic E-state index is 0.0670. The molecule has 24 heavy (non-hydrogen) atoms. The van der Waals surface area contributed by atoms with E-state index in [1.807, 2.05) is 0 Å². The van der Waals surface area contributed by atoms with E-state index in [-0.39, 0.29) is 12.4 Å². The number of rotatable bonds is 15. The summed E-state index contributed by atoms with van der Waals surface area (Å²) in [6, 6.07) is 0. The average Bonchev–Trinajstić information content (AvgIpc) is 2.56. The van der Waals surface area contributed by atoms with Crippen molar-refractivity contribution in [2.75, 3.05) is 12.4 Å². The molecule has 0 N–H and O–H groups in total. The molecule has 2 nitrogen and oxygen atoms in total. The molecular weight excluding hydrogens is 316 g/mol. The van der Waals surface area contributed by atoms with E-state index in [0.717, 1.165) is 44.3 Å². The van der Waals surface area contributed by atoms with Gasteiger partial charge in [0, 0.05) is 5.75 Å².